The second-order valence-electron chi connectivity index (χ2n) is 5.50. The molecule has 0 bridgehead atoms. The molecule has 1 heterocycles. The third kappa shape index (κ3) is 5.25. The Bertz CT molecular complexity index is 518. The van der Waals surface area contributed by atoms with Crippen molar-refractivity contribution < 1.29 is 14.3 Å². The molecule has 1 aromatic carbocycles. The second-order valence-corrected chi connectivity index (χ2v) is 6.77. The molecule has 126 valence electrons. The topological polar surface area (TPSA) is 58.6 Å². The summed E-state index contributed by atoms with van der Waals surface area (Å²) in [6.45, 7) is 6.04. The highest BCUT2D eigenvalue weighted by Crippen LogP contribution is 2.25. The number of thioether (sulfide) groups is 1. The maximum atomic E-state index is 12.4. The van der Waals surface area contributed by atoms with E-state index in [0.29, 0.717) is 32.7 Å². The molecule has 5 nitrogen and oxygen atoms in total. The largest absolute Gasteiger partial charge is 0.378 e. The van der Waals surface area contributed by atoms with Crippen LogP contribution in [0.1, 0.15) is 20.3 Å². The van der Waals surface area contributed by atoms with Crippen molar-refractivity contribution in [3.63, 3.8) is 0 Å². The summed E-state index contributed by atoms with van der Waals surface area (Å²) in [4.78, 5) is 27.6. The van der Waals surface area contributed by atoms with E-state index in [1.54, 1.807) is 11.8 Å². The van der Waals surface area contributed by atoms with Crippen LogP contribution in [0.15, 0.2) is 35.2 Å². The molecule has 1 aromatic rings. The van der Waals surface area contributed by atoms with Crippen molar-refractivity contribution >= 4 is 23.6 Å². The standard InChI is InChI=1S/C17H24N2O3S/c1-3-15(23-14-7-5-4-6-8-14)16(20)18-13(2)17(21)19-9-11-22-12-10-19/h4-8,13,15H,3,9-12H2,1-2H3,(H,18,20)/t13-,15+/m1/s1. The van der Waals surface area contributed by atoms with Gasteiger partial charge in [-0.3, -0.25) is 9.59 Å². The number of nitrogens with one attached hydrogen (secondary N) is 1. The maximum absolute atomic E-state index is 12.4. The minimum absolute atomic E-state index is 0.0405. The number of ether oxygens (including phenoxy) is 1. The molecule has 0 spiro atoms. The molecule has 1 saturated heterocycles. The smallest absolute Gasteiger partial charge is 0.245 e. The Kier molecular flexibility index (Phi) is 6.92. The van der Waals surface area contributed by atoms with Gasteiger partial charge >= 0.3 is 0 Å². The van der Waals surface area contributed by atoms with Crippen LogP contribution in [0, 0.1) is 0 Å². The van der Waals surface area contributed by atoms with Gasteiger partial charge in [-0.2, -0.15) is 0 Å². The normalized spacial score (nSPS) is 17.4. The highest BCUT2D eigenvalue weighted by molar-refractivity contribution is 8.00. The van der Waals surface area contributed by atoms with E-state index in [9.17, 15) is 9.59 Å². The van der Waals surface area contributed by atoms with E-state index in [1.807, 2.05) is 37.3 Å². The molecule has 6 heteroatoms. The molecule has 2 atom stereocenters. The lowest BCUT2D eigenvalue weighted by Crippen LogP contribution is -2.51. The van der Waals surface area contributed by atoms with Crippen LogP contribution in [-0.4, -0.2) is 54.3 Å². The monoisotopic (exact) mass is 336 g/mol. The minimum atomic E-state index is -0.508. The predicted molar refractivity (Wildman–Crippen MR) is 91.4 cm³/mol. The zero-order valence-corrected chi connectivity index (χ0v) is 14.5. The van der Waals surface area contributed by atoms with Gasteiger partial charge in [0.05, 0.1) is 18.5 Å². The van der Waals surface area contributed by atoms with E-state index in [4.69, 9.17) is 4.74 Å². The lowest BCUT2D eigenvalue weighted by Gasteiger charge is -2.30. The van der Waals surface area contributed by atoms with Gasteiger partial charge in [-0.05, 0) is 25.5 Å². The second kappa shape index (κ2) is 8.93. The Morgan fingerprint density at radius 1 is 1.26 bits per heavy atom. The van der Waals surface area contributed by atoms with Crippen molar-refractivity contribution in [2.24, 2.45) is 0 Å². The first-order valence-electron chi connectivity index (χ1n) is 8.00. The van der Waals surface area contributed by atoms with Crippen LogP contribution in [-0.2, 0) is 14.3 Å². The summed E-state index contributed by atoms with van der Waals surface area (Å²) in [7, 11) is 0. The van der Waals surface area contributed by atoms with Crippen LogP contribution >= 0.6 is 11.8 Å². The Labute approximate surface area is 141 Å². The quantitative estimate of drug-likeness (QED) is 0.807. The van der Waals surface area contributed by atoms with Crippen molar-refractivity contribution in [2.75, 3.05) is 26.3 Å². The number of hydrogen-bond acceptors (Lipinski definition) is 4. The molecule has 1 aliphatic rings. The van der Waals surface area contributed by atoms with Gasteiger partial charge in [-0.1, -0.05) is 25.1 Å². The molecule has 0 saturated carbocycles. The molecule has 2 rings (SSSR count). The minimum Gasteiger partial charge on any atom is -0.378 e. The number of amides is 2. The summed E-state index contributed by atoms with van der Waals surface area (Å²) in [5.74, 6) is -0.128. The van der Waals surface area contributed by atoms with Crippen molar-refractivity contribution in [3.8, 4) is 0 Å². The SMILES string of the molecule is CC[C@H](Sc1ccccc1)C(=O)N[C@H](C)C(=O)N1CCOCC1. The molecule has 0 aromatic heterocycles. The molecule has 0 radical (unpaired) electrons. The van der Waals surface area contributed by atoms with Gasteiger partial charge in [0.15, 0.2) is 0 Å². The molecular formula is C17H24N2O3S. The summed E-state index contributed by atoms with van der Waals surface area (Å²) >= 11 is 1.53. The van der Waals surface area contributed by atoms with E-state index < -0.39 is 6.04 Å². The zero-order valence-electron chi connectivity index (χ0n) is 13.7. The lowest BCUT2D eigenvalue weighted by molar-refractivity contribution is -0.139. The van der Waals surface area contributed by atoms with Crippen LogP contribution < -0.4 is 5.32 Å². The molecule has 1 fully saturated rings. The van der Waals surface area contributed by atoms with Crippen LogP contribution in [0.4, 0.5) is 0 Å². The number of hydrogen-bond donors (Lipinski definition) is 1. The van der Waals surface area contributed by atoms with Gasteiger partial charge in [-0.15, -0.1) is 11.8 Å². The Balaban J connectivity index is 1.89. The third-order valence-electron chi connectivity index (χ3n) is 3.74. The molecule has 1 aliphatic heterocycles. The molecule has 0 unspecified atom stereocenters. The number of carbonyl (C=O) groups is 2. The number of rotatable bonds is 6. The predicted octanol–water partition coefficient (Wildman–Crippen LogP) is 1.92. The van der Waals surface area contributed by atoms with E-state index in [2.05, 4.69) is 5.32 Å². The molecule has 0 aliphatic carbocycles. The summed E-state index contributed by atoms with van der Waals surface area (Å²) in [5, 5.41) is 2.66. The van der Waals surface area contributed by atoms with E-state index in [1.165, 1.54) is 11.8 Å². The highest BCUT2D eigenvalue weighted by atomic mass is 32.2. The van der Waals surface area contributed by atoms with E-state index >= 15 is 0 Å². The van der Waals surface area contributed by atoms with Gasteiger partial charge < -0.3 is 15.0 Å². The summed E-state index contributed by atoms with van der Waals surface area (Å²) in [5.41, 5.74) is 0. The number of benzene rings is 1. The van der Waals surface area contributed by atoms with Crippen molar-refractivity contribution in [1.29, 1.82) is 0 Å². The van der Waals surface area contributed by atoms with Gasteiger partial charge in [0.2, 0.25) is 11.8 Å². The van der Waals surface area contributed by atoms with Gasteiger partial charge in [0, 0.05) is 18.0 Å². The van der Waals surface area contributed by atoms with Gasteiger partial charge in [0.1, 0.15) is 6.04 Å². The first-order valence-corrected chi connectivity index (χ1v) is 8.88. The Morgan fingerprint density at radius 3 is 2.52 bits per heavy atom. The van der Waals surface area contributed by atoms with Crippen molar-refractivity contribution in [1.82, 2.24) is 10.2 Å². The fourth-order valence-corrected chi connectivity index (χ4v) is 3.40. The van der Waals surface area contributed by atoms with Crippen LogP contribution in [0.25, 0.3) is 0 Å². The van der Waals surface area contributed by atoms with Crippen LogP contribution in [0.5, 0.6) is 0 Å². The molecule has 23 heavy (non-hydrogen) atoms. The van der Waals surface area contributed by atoms with Crippen LogP contribution in [0.2, 0.25) is 0 Å². The summed E-state index contributed by atoms with van der Waals surface area (Å²) in [6.07, 6.45) is 0.712. The van der Waals surface area contributed by atoms with Crippen LogP contribution in [0.3, 0.4) is 0 Å². The highest BCUT2D eigenvalue weighted by Gasteiger charge is 2.26. The molecular weight excluding hydrogens is 312 g/mol. The number of carbonyl (C=O) groups excluding carboxylic acids is 2. The molecule has 2 amide bonds. The fraction of sp³-hybridized carbons (Fsp3) is 0.529. The lowest BCUT2D eigenvalue weighted by atomic mass is 10.2. The Hall–Kier alpha value is -1.53. The van der Waals surface area contributed by atoms with Crippen molar-refractivity contribution in [3.05, 3.63) is 30.3 Å². The van der Waals surface area contributed by atoms with E-state index in [0.717, 1.165) is 4.90 Å². The zero-order chi connectivity index (χ0) is 16.7. The maximum Gasteiger partial charge on any atom is 0.245 e. The Morgan fingerprint density at radius 2 is 1.91 bits per heavy atom. The van der Waals surface area contributed by atoms with E-state index in [-0.39, 0.29) is 17.1 Å². The first-order chi connectivity index (χ1) is 11.1. The van der Waals surface area contributed by atoms with Crippen molar-refractivity contribution in [2.45, 2.75) is 36.5 Å². The average Bonchev–Trinajstić information content (AvgIpc) is 2.60. The summed E-state index contributed by atoms with van der Waals surface area (Å²) < 4.78 is 5.25. The summed E-state index contributed by atoms with van der Waals surface area (Å²) in [6, 6.07) is 9.33. The van der Waals surface area contributed by atoms with Gasteiger partial charge in [0.25, 0.3) is 0 Å². The molecule has 1 N–H and O–H groups in total. The number of nitrogens with zero attached hydrogens (tertiary/aromatic N) is 1. The van der Waals surface area contributed by atoms with Gasteiger partial charge in [-0.25, -0.2) is 0 Å². The number of morpholine rings is 1. The fourth-order valence-electron chi connectivity index (χ4n) is 2.41. The average molecular weight is 336 g/mol. The third-order valence-corrected chi connectivity index (χ3v) is 5.11. The first kappa shape index (κ1) is 17.8.